The molecule has 1 unspecified atom stereocenters. The second-order valence-corrected chi connectivity index (χ2v) is 6.79. The molecule has 1 aromatic rings. The van der Waals surface area contributed by atoms with E-state index < -0.39 is 12.0 Å². The average Bonchev–Trinajstić information content (AvgIpc) is 2.76. The van der Waals surface area contributed by atoms with Gasteiger partial charge < -0.3 is 10.4 Å². The van der Waals surface area contributed by atoms with E-state index in [4.69, 9.17) is 0 Å². The summed E-state index contributed by atoms with van der Waals surface area (Å²) in [5.41, 5.74) is 1.07. The Morgan fingerprint density at radius 1 is 1.30 bits per heavy atom. The highest BCUT2D eigenvalue weighted by Gasteiger charge is 2.31. The quantitative estimate of drug-likeness (QED) is 0.897. The van der Waals surface area contributed by atoms with Crippen LogP contribution in [0.2, 0.25) is 0 Å². The number of aryl methyl sites for hydroxylation is 2. The van der Waals surface area contributed by atoms with Crippen molar-refractivity contribution in [2.75, 3.05) is 0 Å². The molecule has 110 valence electrons. The summed E-state index contributed by atoms with van der Waals surface area (Å²) in [6.45, 7) is 3.92. The molecular formula is C15H21NO3S. The van der Waals surface area contributed by atoms with Crippen LogP contribution in [0.15, 0.2) is 6.07 Å². The summed E-state index contributed by atoms with van der Waals surface area (Å²) in [6.07, 6.45) is 5.06. The molecule has 2 N–H and O–H groups in total. The third-order valence-electron chi connectivity index (χ3n) is 4.06. The molecule has 2 rings (SSSR count). The summed E-state index contributed by atoms with van der Waals surface area (Å²) >= 11 is 1.42. The van der Waals surface area contributed by atoms with E-state index in [0.717, 1.165) is 36.1 Å². The van der Waals surface area contributed by atoms with E-state index in [1.807, 2.05) is 19.9 Å². The Bertz CT molecular complexity index is 484. The Morgan fingerprint density at radius 2 is 1.95 bits per heavy atom. The zero-order valence-electron chi connectivity index (χ0n) is 11.9. The molecule has 0 spiro atoms. The number of carboxylic acid groups (broad SMARTS) is 1. The van der Waals surface area contributed by atoms with Crippen LogP contribution in [0.1, 0.15) is 52.2 Å². The molecule has 0 saturated heterocycles. The normalized spacial score (nSPS) is 17.7. The molecule has 1 atom stereocenters. The van der Waals surface area contributed by atoms with Gasteiger partial charge in [0.2, 0.25) is 0 Å². The number of carbonyl (C=O) groups is 2. The molecule has 0 aliphatic heterocycles. The predicted octanol–water partition coefficient (Wildman–Crippen LogP) is 3.13. The number of hydrogen-bond acceptors (Lipinski definition) is 3. The van der Waals surface area contributed by atoms with Crippen molar-refractivity contribution in [2.24, 2.45) is 5.92 Å². The molecule has 1 aliphatic carbocycles. The molecular weight excluding hydrogens is 274 g/mol. The second kappa shape index (κ2) is 6.39. The summed E-state index contributed by atoms with van der Waals surface area (Å²) in [5, 5.41) is 12.1. The number of carboxylic acids is 1. The van der Waals surface area contributed by atoms with Crippen LogP contribution in [0.4, 0.5) is 0 Å². The third kappa shape index (κ3) is 3.39. The first-order valence-corrected chi connectivity index (χ1v) is 7.91. The first-order valence-electron chi connectivity index (χ1n) is 7.09. The lowest BCUT2D eigenvalue weighted by Crippen LogP contribution is -2.46. The molecule has 1 fully saturated rings. The maximum Gasteiger partial charge on any atom is 0.326 e. The van der Waals surface area contributed by atoms with Crippen molar-refractivity contribution >= 4 is 23.2 Å². The number of amides is 1. The van der Waals surface area contributed by atoms with Gasteiger partial charge in [0.15, 0.2) is 0 Å². The molecule has 1 amide bonds. The standard InChI is InChI=1S/C15H21NO3S/c1-9-8-12(20-10(9)2)14(17)16-13(15(18)19)11-6-4-3-5-7-11/h8,11,13H,3-7H2,1-2H3,(H,16,17)(H,18,19). The molecule has 5 heteroatoms. The lowest BCUT2D eigenvalue weighted by Gasteiger charge is -2.27. The molecule has 1 saturated carbocycles. The Hall–Kier alpha value is -1.36. The van der Waals surface area contributed by atoms with E-state index in [-0.39, 0.29) is 11.8 Å². The van der Waals surface area contributed by atoms with Gasteiger partial charge >= 0.3 is 5.97 Å². The summed E-state index contributed by atoms with van der Waals surface area (Å²) in [4.78, 5) is 25.3. The van der Waals surface area contributed by atoms with E-state index in [1.54, 1.807) is 0 Å². The van der Waals surface area contributed by atoms with Crippen LogP contribution in [0.25, 0.3) is 0 Å². The number of aliphatic carboxylic acids is 1. The number of thiophene rings is 1. The van der Waals surface area contributed by atoms with Gasteiger partial charge in [0.1, 0.15) is 6.04 Å². The van der Waals surface area contributed by atoms with E-state index in [9.17, 15) is 14.7 Å². The lowest BCUT2D eigenvalue weighted by atomic mass is 9.84. The summed E-state index contributed by atoms with van der Waals surface area (Å²) in [7, 11) is 0. The highest BCUT2D eigenvalue weighted by Crippen LogP contribution is 2.27. The van der Waals surface area contributed by atoms with E-state index in [2.05, 4.69) is 5.32 Å². The van der Waals surface area contributed by atoms with E-state index >= 15 is 0 Å². The van der Waals surface area contributed by atoms with Crippen LogP contribution in [-0.4, -0.2) is 23.0 Å². The fraction of sp³-hybridized carbons (Fsp3) is 0.600. The molecule has 1 aliphatic rings. The molecule has 0 bridgehead atoms. The fourth-order valence-corrected chi connectivity index (χ4v) is 3.68. The Labute approximate surface area is 123 Å². The van der Waals surface area contributed by atoms with Crippen LogP contribution in [0.3, 0.4) is 0 Å². The molecule has 0 radical (unpaired) electrons. The molecule has 1 aromatic heterocycles. The minimum Gasteiger partial charge on any atom is -0.480 e. The average molecular weight is 295 g/mol. The van der Waals surface area contributed by atoms with Crippen molar-refractivity contribution in [1.82, 2.24) is 5.32 Å². The molecule has 20 heavy (non-hydrogen) atoms. The van der Waals surface area contributed by atoms with Gasteiger partial charge in [-0.25, -0.2) is 4.79 Å². The highest BCUT2D eigenvalue weighted by molar-refractivity contribution is 7.14. The number of rotatable bonds is 4. The van der Waals surface area contributed by atoms with Crippen molar-refractivity contribution < 1.29 is 14.7 Å². The van der Waals surface area contributed by atoms with Gasteiger partial charge in [-0.2, -0.15) is 0 Å². The SMILES string of the molecule is Cc1cc(C(=O)NC(C(=O)O)C2CCCCC2)sc1C. The zero-order valence-corrected chi connectivity index (χ0v) is 12.8. The van der Waals surface area contributed by atoms with E-state index in [0.29, 0.717) is 4.88 Å². The topological polar surface area (TPSA) is 66.4 Å². The smallest absolute Gasteiger partial charge is 0.326 e. The fourth-order valence-electron chi connectivity index (χ4n) is 2.75. The van der Waals surface area contributed by atoms with Crippen LogP contribution in [-0.2, 0) is 4.79 Å². The van der Waals surface area contributed by atoms with Gasteiger partial charge in [0.05, 0.1) is 4.88 Å². The first-order chi connectivity index (χ1) is 9.49. The summed E-state index contributed by atoms with van der Waals surface area (Å²) in [5.74, 6) is -1.12. The summed E-state index contributed by atoms with van der Waals surface area (Å²) < 4.78 is 0. The van der Waals surface area contributed by atoms with Gasteiger partial charge in [-0.3, -0.25) is 4.79 Å². The van der Waals surface area contributed by atoms with Gasteiger partial charge in [-0.05, 0) is 44.2 Å². The van der Waals surface area contributed by atoms with E-state index in [1.165, 1.54) is 17.8 Å². The van der Waals surface area contributed by atoms with Crippen LogP contribution in [0, 0.1) is 19.8 Å². The zero-order chi connectivity index (χ0) is 14.7. The van der Waals surface area contributed by atoms with Crippen LogP contribution < -0.4 is 5.32 Å². The van der Waals surface area contributed by atoms with Gasteiger partial charge in [0, 0.05) is 4.88 Å². The minimum absolute atomic E-state index is 0.0624. The number of hydrogen-bond donors (Lipinski definition) is 2. The first kappa shape index (κ1) is 15.0. The Balaban J connectivity index is 2.07. The van der Waals surface area contributed by atoms with Crippen molar-refractivity contribution in [3.8, 4) is 0 Å². The molecule has 1 heterocycles. The third-order valence-corrected chi connectivity index (χ3v) is 5.21. The lowest BCUT2D eigenvalue weighted by molar-refractivity contribution is -0.141. The Morgan fingerprint density at radius 3 is 2.45 bits per heavy atom. The summed E-state index contributed by atoms with van der Waals surface area (Å²) in [6, 6.07) is 1.07. The van der Waals surface area contributed by atoms with Crippen LogP contribution >= 0.6 is 11.3 Å². The van der Waals surface area contributed by atoms with Gasteiger partial charge in [-0.1, -0.05) is 19.3 Å². The van der Waals surface area contributed by atoms with Crippen molar-refractivity contribution in [1.29, 1.82) is 0 Å². The van der Waals surface area contributed by atoms with Crippen molar-refractivity contribution in [2.45, 2.75) is 52.0 Å². The van der Waals surface area contributed by atoms with Gasteiger partial charge in [0.25, 0.3) is 5.91 Å². The van der Waals surface area contributed by atoms with Crippen LogP contribution in [0.5, 0.6) is 0 Å². The van der Waals surface area contributed by atoms with Gasteiger partial charge in [-0.15, -0.1) is 11.3 Å². The predicted molar refractivity (Wildman–Crippen MR) is 79.3 cm³/mol. The monoisotopic (exact) mass is 295 g/mol. The minimum atomic E-state index is -0.921. The Kier molecular flexibility index (Phi) is 4.81. The largest absolute Gasteiger partial charge is 0.480 e. The molecule has 4 nitrogen and oxygen atoms in total. The molecule has 0 aromatic carbocycles. The highest BCUT2D eigenvalue weighted by atomic mass is 32.1. The van der Waals surface area contributed by atoms with Crippen molar-refractivity contribution in [3.05, 3.63) is 21.4 Å². The maximum atomic E-state index is 12.2. The second-order valence-electron chi connectivity index (χ2n) is 5.54. The number of nitrogens with one attached hydrogen (secondary N) is 1. The number of carbonyl (C=O) groups excluding carboxylic acids is 1. The van der Waals surface area contributed by atoms with Crippen molar-refractivity contribution in [3.63, 3.8) is 0 Å². The maximum absolute atomic E-state index is 12.2.